The topological polar surface area (TPSA) is 145 Å². The lowest BCUT2D eigenvalue weighted by molar-refractivity contribution is -0.123. The van der Waals surface area contributed by atoms with E-state index in [2.05, 4.69) is 10.0 Å². The molecular weight excluding hydrogens is 454 g/mol. The third-order valence-electron chi connectivity index (χ3n) is 4.27. The molecule has 0 heterocycles. The second kappa shape index (κ2) is 9.81. The second-order valence-corrected chi connectivity index (χ2v) is 9.94. The molecule has 0 aliphatic carbocycles. The van der Waals surface area contributed by atoms with Crippen LogP contribution in [-0.4, -0.2) is 29.3 Å². The van der Waals surface area contributed by atoms with E-state index in [1.807, 2.05) is 0 Å². The molecule has 0 radical (unpaired) electrons. The first-order chi connectivity index (χ1) is 15.1. The summed E-state index contributed by atoms with van der Waals surface area (Å²) in [5, 5.41) is 7.68. The second-order valence-electron chi connectivity index (χ2n) is 6.70. The predicted octanol–water partition coefficient (Wildman–Crippen LogP) is 1.83. The Bertz CT molecular complexity index is 1280. The van der Waals surface area contributed by atoms with Crippen molar-refractivity contribution in [2.75, 3.05) is 11.3 Å². The minimum Gasteiger partial charge on any atom is -0.484 e. The molecule has 1 amide bonds. The van der Waals surface area contributed by atoms with Crippen LogP contribution in [0.15, 0.2) is 88.7 Å². The van der Waals surface area contributed by atoms with Gasteiger partial charge in [-0.2, -0.15) is 0 Å². The number of hydrogen-bond donors (Lipinski definition) is 3. The molecule has 0 fully saturated rings. The van der Waals surface area contributed by atoms with Crippen LogP contribution in [0.1, 0.15) is 5.56 Å². The first-order valence-electron chi connectivity index (χ1n) is 9.33. The Morgan fingerprint density at radius 2 is 1.41 bits per heavy atom. The molecule has 3 aromatic carbocycles. The van der Waals surface area contributed by atoms with Crippen LogP contribution in [0, 0.1) is 0 Å². The van der Waals surface area contributed by atoms with Gasteiger partial charge in [0.1, 0.15) is 5.75 Å². The molecule has 168 valence electrons. The number of primary sulfonamides is 1. The Balaban J connectivity index is 1.50. The van der Waals surface area contributed by atoms with Crippen molar-refractivity contribution in [3.05, 3.63) is 84.4 Å². The molecule has 3 rings (SSSR count). The van der Waals surface area contributed by atoms with Gasteiger partial charge in [0.15, 0.2) is 6.61 Å². The summed E-state index contributed by atoms with van der Waals surface area (Å²) in [7, 11) is -7.51. The van der Waals surface area contributed by atoms with E-state index in [1.54, 1.807) is 42.5 Å². The van der Waals surface area contributed by atoms with Gasteiger partial charge in [-0.3, -0.25) is 9.52 Å². The summed E-state index contributed by atoms with van der Waals surface area (Å²) in [6.45, 7) is -0.0982. The number of anilines is 1. The number of rotatable bonds is 9. The van der Waals surface area contributed by atoms with Crippen LogP contribution in [0.4, 0.5) is 5.69 Å². The standard InChI is InChI=1S/C21H21N3O6S2/c22-31(26,27)19-10-6-16(7-11-19)14-23-21(25)15-30-18-8-12-20(13-9-18)32(28,29)24-17-4-2-1-3-5-17/h1-13,24H,14-15H2,(H,23,25)(H2,22,26,27). The summed E-state index contributed by atoms with van der Waals surface area (Å²) in [4.78, 5) is 12.0. The zero-order valence-corrected chi connectivity index (χ0v) is 18.4. The number of amides is 1. The van der Waals surface area contributed by atoms with E-state index in [9.17, 15) is 21.6 Å². The van der Waals surface area contributed by atoms with E-state index >= 15 is 0 Å². The number of nitrogens with one attached hydrogen (secondary N) is 2. The van der Waals surface area contributed by atoms with Crippen molar-refractivity contribution >= 4 is 31.6 Å². The van der Waals surface area contributed by atoms with Gasteiger partial charge in [-0.25, -0.2) is 22.0 Å². The molecule has 0 saturated heterocycles. The highest BCUT2D eigenvalue weighted by Gasteiger charge is 2.14. The predicted molar refractivity (Wildman–Crippen MR) is 119 cm³/mol. The lowest BCUT2D eigenvalue weighted by Gasteiger charge is -2.10. The summed E-state index contributed by atoms with van der Waals surface area (Å²) in [6, 6.07) is 20.0. The lowest BCUT2D eigenvalue weighted by Crippen LogP contribution is -2.28. The van der Waals surface area contributed by atoms with Crippen LogP contribution >= 0.6 is 0 Å². The molecule has 0 spiro atoms. The highest BCUT2D eigenvalue weighted by Crippen LogP contribution is 2.19. The molecule has 4 N–H and O–H groups in total. The number of sulfonamides is 2. The number of para-hydroxylation sites is 1. The molecule has 3 aromatic rings. The first kappa shape index (κ1) is 23.3. The molecule has 0 unspecified atom stereocenters. The van der Waals surface area contributed by atoms with E-state index in [1.165, 1.54) is 36.4 Å². The number of carbonyl (C=O) groups excluding carboxylic acids is 1. The molecule has 0 saturated carbocycles. The normalized spacial score (nSPS) is 11.5. The van der Waals surface area contributed by atoms with E-state index in [-0.39, 0.29) is 22.9 Å². The number of hydrogen-bond acceptors (Lipinski definition) is 6. The first-order valence-corrected chi connectivity index (χ1v) is 12.4. The average Bonchev–Trinajstić information content (AvgIpc) is 2.76. The van der Waals surface area contributed by atoms with Gasteiger partial charge in [-0.15, -0.1) is 0 Å². The highest BCUT2D eigenvalue weighted by atomic mass is 32.2. The zero-order valence-electron chi connectivity index (χ0n) is 16.8. The number of ether oxygens (including phenoxy) is 1. The maximum absolute atomic E-state index is 12.4. The SMILES string of the molecule is NS(=O)(=O)c1ccc(CNC(=O)COc2ccc(S(=O)(=O)Nc3ccccc3)cc2)cc1. The summed E-state index contributed by atoms with van der Waals surface area (Å²) < 4.78 is 55.2. The van der Waals surface area contributed by atoms with Crippen molar-refractivity contribution in [1.29, 1.82) is 0 Å². The Kier molecular flexibility index (Phi) is 7.13. The third kappa shape index (κ3) is 6.54. The summed E-state index contributed by atoms with van der Waals surface area (Å²) >= 11 is 0. The number of carbonyl (C=O) groups is 1. The zero-order chi connectivity index (χ0) is 23.2. The monoisotopic (exact) mass is 475 g/mol. The Labute approximate surface area is 186 Å². The Hall–Kier alpha value is -3.41. The van der Waals surface area contributed by atoms with Crippen LogP contribution in [-0.2, 0) is 31.4 Å². The molecular formula is C21H21N3O6S2. The van der Waals surface area contributed by atoms with E-state index in [0.717, 1.165) is 0 Å². The van der Waals surface area contributed by atoms with E-state index in [0.29, 0.717) is 17.0 Å². The van der Waals surface area contributed by atoms with Crippen molar-refractivity contribution < 1.29 is 26.4 Å². The van der Waals surface area contributed by atoms with Gasteiger partial charge < -0.3 is 10.1 Å². The molecule has 0 aliphatic rings. The summed E-state index contributed by atoms with van der Waals surface area (Å²) in [5.41, 5.74) is 1.13. The van der Waals surface area contributed by atoms with Crippen LogP contribution < -0.4 is 19.9 Å². The number of benzene rings is 3. The quantitative estimate of drug-likeness (QED) is 0.431. The fraction of sp³-hybridized carbons (Fsp3) is 0.0952. The van der Waals surface area contributed by atoms with E-state index in [4.69, 9.17) is 9.88 Å². The van der Waals surface area contributed by atoms with E-state index < -0.39 is 26.0 Å². The maximum atomic E-state index is 12.4. The third-order valence-corrected chi connectivity index (χ3v) is 6.60. The smallest absolute Gasteiger partial charge is 0.261 e. The molecule has 0 bridgehead atoms. The van der Waals surface area contributed by atoms with Gasteiger partial charge in [0.2, 0.25) is 10.0 Å². The lowest BCUT2D eigenvalue weighted by atomic mass is 10.2. The molecule has 11 heteroatoms. The van der Waals surface area contributed by atoms with Gasteiger partial charge in [0.25, 0.3) is 15.9 Å². The fourth-order valence-electron chi connectivity index (χ4n) is 2.63. The van der Waals surface area contributed by atoms with Crippen LogP contribution in [0.2, 0.25) is 0 Å². The Morgan fingerprint density at radius 3 is 2.00 bits per heavy atom. The fourth-order valence-corrected chi connectivity index (χ4v) is 4.21. The minimum absolute atomic E-state index is 0.0136. The molecule has 0 aromatic heterocycles. The number of nitrogens with two attached hydrogens (primary N) is 1. The van der Waals surface area contributed by atoms with Gasteiger partial charge in [-0.05, 0) is 54.1 Å². The van der Waals surface area contributed by atoms with Gasteiger partial charge in [0.05, 0.1) is 9.79 Å². The van der Waals surface area contributed by atoms with Crippen molar-refractivity contribution in [2.24, 2.45) is 5.14 Å². The molecule has 32 heavy (non-hydrogen) atoms. The molecule has 0 atom stereocenters. The van der Waals surface area contributed by atoms with Crippen molar-refractivity contribution in [3.8, 4) is 5.75 Å². The van der Waals surface area contributed by atoms with Crippen molar-refractivity contribution in [2.45, 2.75) is 16.3 Å². The van der Waals surface area contributed by atoms with Crippen LogP contribution in [0.5, 0.6) is 5.75 Å². The van der Waals surface area contributed by atoms with Crippen LogP contribution in [0.3, 0.4) is 0 Å². The summed E-state index contributed by atoms with van der Waals surface area (Å²) in [6.07, 6.45) is 0. The summed E-state index contributed by atoms with van der Waals surface area (Å²) in [5.74, 6) is -0.0701. The van der Waals surface area contributed by atoms with Gasteiger partial charge in [-0.1, -0.05) is 30.3 Å². The van der Waals surface area contributed by atoms with Gasteiger partial charge >= 0.3 is 0 Å². The molecule has 0 aliphatic heterocycles. The highest BCUT2D eigenvalue weighted by molar-refractivity contribution is 7.92. The van der Waals surface area contributed by atoms with Crippen molar-refractivity contribution in [3.63, 3.8) is 0 Å². The minimum atomic E-state index is -3.77. The largest absolute Gasteiger partial charge is 0.484 e. The van der Waals surface area contributed by atoms with Crippen LogP contribution in [0.25, 0.3) is 0 Å². The average molecular weight is 476 g/mol. The van der Waals surface area contributed by atoms with Gasteiger partial charge in [0, 0.05) is 12.2 Å². The van der Waals surface area contributed by atoms with Crippen molar-refractivity contribution in [1.82, 2.24) is 5.32 Å². The molecule has 9 nitrogen and oxygen atoms in total. The Morgan fingerprint density at radius 1 is 0.812 bits per heavy atom. The maximum Gasteiger partial charge on any atom is 0.261 e.